The van der Waals surface area contributed by atoms with E-state index in [-0.39, 0.29) is 11.8 Å². The first kappa shape index (κ1) is 16.5. The normalized spacial score (nSPS) is 11.6. The standard InChI is InChI=1S/C16H20N4O3/c1-4-14(16(22)19-15-8-10(2)23-20-15)18-13-7-5-6-12(9-13)17-11(3)21/h5-9,14,18H,4H2,1-3H3,(H,17,21)(H,19,20,22)/t14-/m1/s1. The molecule has 1 atom stereocenters. The van der Waals surface area contributed by atoms with E-state index in [0.717, 1.165) is 5.69 Å². The Kier molecular flexibility index (Phi) is 5.35. The fourth-order valence-corrected chi connectivity index (χ4v) is 2.08. The Labute approximate surface area is 134 Å². The lowest BCUT2D eigenvalue weighted by Crippen LogP contribution is -2.34. The summed E-state index contributed by atoms with van der Waals surface area (Å²) in [6.45, 7) is 5.11. The molecule has 0 aliphatic carbocycles. The Balaban J connectivity index is 2.03. The van der Waals surface area contributed by atoms with E-state index >= 15 is 0 Å². The van der Waals surface area contributed by atoms with Gasteiger partial charge in [-0.05, 0) is 31.5 Å². The third-order valence-electron chi connectivity index (χ3n) is 3.13. The second-order valence-electron chi connectivity index (χ2n) is 5.18. The van der Waals surface area contributed by atoms with Gasteiger partial charge in [-0.3, -0.25) is 9.59 Å². The quantitative estimate of drug-likeness (QED) is 0.761. The van der Waals surface area contributed by atoms with Crippen LogP contribution in [-0.4, -0.2) is 23.0 Å². The van der Waals surface area contributed by atoms with Crippen molar-refractivity contribution >= 4 is 29.0 Å². The van der Waals surface area contributed by atoms with Crippen LogP contribution in [-0.2, 0) is 9.59 Å². The monoisotopic (exact) mass is 316 g/mol. The van der Waals surface area contributed by atoms with E-state index in [9.17, 15) is 9.59 Å². The number of anilines is 3. The van der Waals surface area contributed by atoms with Crippen molar-refractivity contribution in [2.75, 3.05) is 16.0 Å². The van der Waals surface area contributed by atoms with Gasteiger partial charge >= 0.3 is 0 Å². The van der Waals surface area contributed by atoms with Crippen LogP contribution in [0, 0.1) is 6.92 Å². The Morgan fingerprint density at radius 2 is 1.96 bits per heavy atom. The van der Waals surface area contributed by atoms with Crippen LogP contribution in [0.15, 0.2) is 34.9 Å². The summed E-state index contributed by atoms with van der Waals surface area (Å²) in [6.07, 6.45) is 0.590. The second-order valence-corrected chi connectivity index (χ2v) is 5.18. The van der Waals surface area contributed by atoms with Gasteiger partial charge in [-0.1, -0.05) is 18.1 Å². The molecule has 122 valence electrons. The maximum Gasteiger partial charge on any atom is 0.248 e. The van der Waals surface area contributed by atoms with Crippen LogP contribution in [0.3, 0.4) is 0 Å². The number of carbonyl (C=O) groups is 2. The molecule has 0 aliphatic heterocycles. The molecule has 0 aliphatic rings. The number of hydrogen-bond donors (Lipinski definition) is 3. The highest BCUT2D eigenvalue weighted by molar-refractivity contribution is 5.96. The molecule has 2 aromatic rings. The summed E-state index contributed by atoms with van der Waals surface area (Å²) in [5.41, 5.74) is 1.42. The van der Waals surface area contributed by atoms with Gasteiger partial charge in [-0.2, -0.15) is 0 Å². The zero-order chi connectivity index (χ0) is 16.8. The molecule has 1 aromatic heterocycles. The van der Waals surface area contributed by atoms with Gasteiger partial charge in [0.15, 0.2) is 5.82 Å². The number of aryl methyl sites for hydroxylation is 1. The van der Waals surface area contributed by atoms with Crippen LogP contribution in [0.1, 0.15) is 26.0 Å². The largest absolute Gasteiger partial charge is 0.374 e. The molecule has 0 radical (unpaired) electrons. The molecule has 1 aromatic carbocycles. The van der Waals surface area contributed by atoms with E-state index in [1.807, 2.05) is 13.0 Å². The van der Waals surface area contributed by atoms with Crippen LogP contribution in [0.4, 0.5) is 17.2 Å². The van der Waals surface area contributed by atoms with Gasteiger partial charge in [-0.25, -0.2) is 0 Å². The number of hydrogen-bond acceptors (Lipinski definition) is 5. The van der Waals surface area contributed by atoms with Crippen molar-refractivity contribution in [3.05, 3.63) is 36.1 Å². The third-order valence-corrected chi connectivity index (χ3v) is 3.13. The molecule has 0 fully saturated rings. The molecule has 7 nitrogen and oxygen atoms in total. The number of aromatic nitrogens is 1. The predicted molar refractivity (Wildman–Crippen MR) is 88.3 cm³/mol. The molecule has 2 amide bonds. The van der Waals surface area contributed by atoms with Crippen LogP contribution in [0.2, 0.25) is 0 Å². The Hall–Kier alpha value is -2.83. The van der Waals surface area contributed by atoms with E-state index in [2.05, 4.69) is 21.1 Å². The van der Waals surface area contributed by atoms with Gasteiger partial charge in [0.2, 0.25) is 11.8 Å². The predicted octanol–water partition coefficient (Wildman–Crippen LogP) is 2.77. The Morgan fingerprint density at radius 3 is 2.57 bits per heavy atom. The number of nitrogens with zero attached hydrogens (tertiary/aromatic N) is 1. The van der Waals surface area contributed by atoms with Crippen molar-refractivity contribution in [3.8, 4) is 0 Å². The minimum atomic E-state index is -0.431. The third kappa shape index (κ3) is 4.84. The lowest BCUT2D eigenvalue weighted by atomic mass is 10.2. The molecule has 1 heterocycles. The van der Waals surface area contributed by atoms with Gasteiger partial charge in [-0.15, -0.1) is 0 Å². The fourth-order valence-electron chi connectivity index (χ4n) is 2.08. The summed E-state index contributed by atoms with van der Waals surface area (Å²) in [5.74, 6) is 0.670. The smallest absolute Gasteiger partial charge is 0.248 e. The van der Waals surface area contributed by atoms with Gasteiger partial charge in [0.05, 0.1) is 0 Å². The van der Waals surface area contributed by atoms with Crippen molar-refractivity contribution in [1.29, 1.82) is 0 Å². The minimum Gasteiger partial charge on any atom is -0.374 e. The number of benzene rings is 1. The molecule has 23 heavy (non-hydrogen) atoms. The summed E-state index contributed by atoms with van der Waals surface area (Å²) in [4.78, 5) is 23.4. The van der Waals surface area contributed by atoms with Crippen molar-refractivity contribution in [1.82, 2.24) is 5.16 Å². The molecular weight excluding hydrogens is 296 g/mol. The van der Waals surface area contributed by atoms with Crippen LogP contribution in [0.25, 0.3) is 0 Å². The molecule has 7 heteroatoms. The zero-order valence-corrected chi connectivity index (χ0v) is 13.3. The zero-order valence-electron chi connectivity index (χ0n) is 13.3. The summed E-state index contributed by atoms with van der Waals surface area (Å²) >= 11 is 0. The molecule has 0 saturated heterocycles. The van der Waals surface area contributed by atoms with E-state index in [0.29, 0.717) is 23.7 Å². The van der Waals surface area contributed by atoms with Crippen molar-refractivity contribution in [3.63, 3.8) is 0 Å². The SMILES string of the molecule is CC[C@@H](Nc1cccc(NC(C)=O)c1)C(=O)Nc1cc(C)on1. The van der Waals surface area contributed by atoms with Gasteiger partial charge in [0, 0.05) is 24.4 Å². The topological polar surface area (TPSA) is 96.3 Å². The Bertz CT molecular complexity index is 696. The first-order valence-electron chi connectivity index (χ1n) is 7.36. The highest BCUT2D eigenvalue weighted by Gasteiger charge is 2.17. The van der Waals surface area contributed by atoms with E-state index < -0.39 is 6.04 Å². The number of nitrogens with one attached hydrogen (secondary N) is 3. The first-order chi connectivity index (χ1) is 11.0. The summed E-state index contributed by atoms with van der Waals surface area (Å²) in [7, 11) is 0. The average molecular weight is 316 g/mol. The molecule has 3 N–H and O–H groups in total. The minimum absolute atomic E-state index is 0.145. The summed E-state index contributed by atoms with van der Waals surface area (Å²) < 4.78 is 4.92. The Morgan fingerprint density at radius 1 is 1.22 bits per heavy atom. The van der Waals surface area contributed by atoms with E-state index in [1.165, 1.54) is 6.92 Å². The fraction of sp³-hybridized carbons (Fsp3) is 0.312. The number of amides is 2. The van der Waals surface area contributed by atoms with Crippen LogP contribution >= 0.6 is 0 Å². The average Bonchev–Trinajstić information content (AvgIpc) is 2.89. The lowest BCUT2D eigenvalue weighted by Gasteiger charge is -2.17. The molecule has 0 bridgehead atoms. The maximum atomic E-state index is 12.3. The molecule has 0 unspecified atom stereocenters. The molecule has 2 rings (SSSR count). The molecular formula is C16H20N4O3. The van der Waals surface area contributed by atoms with Crippen LogP contribution in [0.5, 0.6) is 0 Å². The lowest BCUT2D eigenvalue weighted by molar-refractivity contribution is -0.117. The molecule has 0 saturated carbocycles. The number of carbonyl (C=O) groups excluding carboxylic acids is 2. The number of rotatable bonds is 6. The van der Waals surface area contributed by atoms with E-state index in [4.69, 9.17) is 4.52 Å². The van der Waals surface area contributed by atoms with Gasteiger partial charge in [0.25, 0.3) is 0 Å². The highest BCUT2D eigenvalue weighted by atomic mass is 16.5. The van der Waals surface area contributed by atoms with Crippen molar-refractivity contribution in [2.45, 2.75) is 33.2 Å². The maximum absolute atomic E-state index is 12.3. The van der Waals surface area contributed by atoms with Gasteiger partial charge in [0.1, 0.15) is 11.8 Å². The van der Waals surface area contributed by atoms with E-state index in [1.54, 1.807) is 31.2 Å². The highest BCUT2D eigenvalue weighted by Crippen LogP contribution is 2.17. The van der Waals surface area contributed by atoms with Crippen molar-refractivity contribution < 1.29 is 14.1 Å². The second kappa shape index (κ2) is 7.44. The molecule has 0 spiro atoms. The van der Waals surface area contributed by atoms with Gasteiger partial charge < -0.3 is 20.5 Å². The first-order valence-corrected chi connectivity index (χ1v) is 7.36. The summed E-state index contributed by atoms with van der Waals surface area (Å²) in [5, 5.41) is 12.3. The van der Waals surface area contributed by atoms with Crippen molar-refractivity contribution in [2.24, 2.45) is 0 Å². The van der Waals surface area contributed by atoms with Crippen LogP contribution < -0.4 is 16.0 Å². The summed E-state index contributed by atoms with van der Waals surface area (Å²) in [6, 6.07) is 8.42.